The van der Waals surface area contributed by atoms with Gasteiger partial charge in [-0.05, 0) is 27.8 Å². The SMILES string of the molecule is CN1CCN(C(=O)N(CC(=O)O)C(C)(C)C)CC1. The third-order valence-corrected chi connectivity index (χ3v) is 3.11. The fraction of sp³-hybridized carbons (Fsp3) is 0.833. The number of aliphatic carboxylic acids is 1. The molecule has 1 heterocycles. The summed E-state index contributed by atoms with van der Waals surface area (Å²) in [4.78, 5) is 28.5. The number of piperazine rings is 1. The van der Waals surface area contributed by atoms with Crippen LogP contribution in [0.15, 0.2) is 0 Å². The summed E-state index contributed by atoms with van der Waals surface area (Å²) in [6.45, 7) is 8.27. The van der Waals surface area contributed by atoms with E-state index in [4.69, 9.17) is 5.11 Å². The minimum atomic E-state index is -0.979. The molecular weight excluding hydrogens is 234 g/mol. The van der Waals surface area contributed by atoms with Crippen molar-refractivity contribution < 1.29 is 14.7 Å². The predicted molar refractivity (Wildman–Crippen MR) is 68.6 cm³/mol. The van der Waals surface area contributed by atoms with E-state index in [1.165, 1.54) is 4.90 Å². The molecule has 0 aromatic rings. The van der Waals surface area contributed by atoms with Crippen LogP contribution in [0.3, 0.4) is 0 Å². The molecule has 6 nitrogen and oxygen atoms in total. The maximum atomic E-state index is 12.4. The number of amides is 2. The summed E-state index contributed by atoms with van der Waals surface area (Å²) in [5.41, 5.74) is -0.487. The Bertz CT molecular complexity index is 317. The first kappa shape index (κ1) is 14.8. The van der Waals surface area contributed by atoms with Crippen molar-refractivity contribution in [3.63, 3.8) is 0 Å². The summed E-state index contributed by atoms with van der Waals surface area (Å²) in [7, 11) is 2.01. The number of likely N-dealkylation sites (N-methyl/N-ethyl adjacent to an activating group) is 1. The summed E-state index contributed by atoms with van der Waals surface area (Å²) in [5, 5.41) is 8.92. The average Bonchev–Trinajstić information content (AvgIpc) is 2.24. The maximum Gasteiger partial charge on any atom is 0.323 e. The molecule has 0 spiro atoms. The van der Waals surface area contributed by atoms with Crippen molar-refractivity contribution in [3.05, 3.63) is 0 Å². The highest BCUT2D eigenvalue weighted by atomic mass is 16.4. The Morgan fingerprint density at radius 3 is 2.06 bits per heavy atom. The lowest BCUT2D eigenvalue weighted by Crippen LogP contribution is -2.57. The maximum absolute atomic E-state index is 12.4. The van der Waals surface area contributed by atoms with E-state index in [1.54, 1.807) is 4.90 Å². The van der Waals surface area contributed by atoms with Gasteiger partial charge >= 0.3 is 12.0 Å². The van der Waals surface area contributed by atoms with Gasteiger partial charge in [0.05, 0.1) is 0 Å². The number of urea groups is 1. The summed E-state index contributed by atoms with van der Waals surface area (Å²) in [5.74, 6) is -0.979. The van der Waals surface area contributed by atoms with Gasteiger partial charge in [0.1, 0.15) is 6.54 Å². The van der Waals surface area contributed by atoms with Gasteiger partial charge in [0.25, 0.3) is 0 Å². The molecule has 1 fully saturated rings. The van der Waals surface area contributed by atoms with Crippen molar-refractivity contribution in [2.75, 3.05) is 39.8 Å². The summed E-state index contributed by atoms with van der Waals surface area (Å²) >= 11 is 0. The Morgan fingerprint density at radius 1 is 1.17 bits per heavy atom. The minimum Gasteiger partial charge on any atom is -0.480 e. The van der Waals surface area contributed by atoms with Crippen molar-refractivity contribution in [2.24, 2.45) is 0 Å². The van der Waals surface area contributed by atoms with Crippen LogP contribution in [0.1, 0.15) is 20.8 Å². The molecule has 1 aliphatic rings. The molecule has 18 heavy (non-hydrogen) atoms. The Morgan fingerprint density at radius 2 is 1.67 bits per heavy atom. The van der Waals surface area contributed by atoms with Crippen LogP contribution in [0.5, 0.6) is 0 Å². The molecule has 0 aliphatic carbocycles. The molecule has 0 atom stereocenters. The molecule has 0 aromatic carbocycles. The number of carbonyl (C=O) groups excluding carboxylic acids is 1. The van der Waals surface area contributed by atoms with E-state index in [1.807, 2.05) is 27.8 Å². The third-order valence-electron chi connectivity index (χ3n) is 3.11. The number of carboxylic acid groups (broad SMARTS) is 1. The molecule has 0 bridgehead atoms. The molecule has 0 aromatic heterocycles. The third kappa shape index (κ3) is 3.87. The number of carbonyl (C=O) groups is 2. The molecule has 0 radical (unpaired) electrons. The standard InChI is InChI=1S/C12H23N3O3/c1-12(2,3)15(9-10(16)17)11(18)14-7-5-13(4)6-8-14/h5-9H2,1-4H3,(H,16,17). The highest BCUT2D eigenvalue weighted by molar-refractivity contribution is 5.81. The molecular formula is C12H23N3O3. The number of hydrogen-bond acceptors (Lipinski definition) is 3. The summed E-state index contributed by atoms with van der Waals surface area (Å²) in [6, 6.07) is -0.182. The number of hydrogen-bond donors (Lipinski definition) is 1. The van der Waals surface area contributed by atoms with Crippen LogP contribution in [0.4, 0.5) is 4.79 Å². The predicted octanol–water partition coefficient (Wildman–Crippen LogP) is 0.539. The van der Waals surface area contributed by atoms with E-state index >= 15 is 0 Å². The molecule has 1 aliphatic heterocycles. The molecule has 1 rings (SSSR count). The van der Waals surface area contributed by atoms with E-state index in [0.717, 1.165) is 13.1 Å². The van der Waals surface area contributed by atoms with Gasteiger partial charge in [-0.25, -0.2) is 4.79 Å². The first-order chi connectivity index (χ1) is 8.21. The first-order valence-corrected chi connectivity index (χ1v) is 6.18. The van der Waals surface area contributed by atoms with E-state index < -0.39 is 11.5 Å². The number of nitrogens with zero attached hydrogens (tertiary/aromatic N) is 3. The van der Waals surface area contributed by atoms with Crippen molar-refractivity contribution in [1.29, 1.82) is 0 Å². The lowest BCUT2D eigenvalue weighted by molar-refractivity contribution is -0.138. The largest absolute Gasteiger partial charge is 0.480 e. The van der Waals surface area contributed by atoms with E-state index in [2.05, 4.69) is 4.90 Å². The normalized spacial score (nSPS) is 17.7. The Labute approximate surface area is 108 Å². The molecule has 0 saturated carbocycles. The van der Waals surface area contributed by atoms with Gasteiger partial charge in [-0.1, -0.05) is 0 Å². The van der Waals surface area contributed by atoms with Gasteiger partial charge in [-0.3, -0.25) is 4.79 Å². The van der Waals surface area contributed by atoms with E-state index in [-0.39, 0.29) is 12.6 Å². The number of carboxylic acids is 1. The van der Waals surface area contributed by atoms with E-state index in [9.17, 15) is 9.59 Å². The van der Waals surface area contributed by atoms with Gasteiger partial charge in [0, 0.05) is 31.7 Å². The van der Waals surface area contributed by atoms with Crippen LogP contribution in [-0.2, 0) is 4.79 Å². The lowest BCUT2D eigenvalue weighted by Gasteiger charge is -2.40. The second-order valence-corrected chi connectivity index (χ2v) is 5.72. The van der Waals surface area contributed by atoms with Crippen molar-refractivity contribution >= 4 is 12.0 Å². The second-order valence-electron chi connectivity index (χ2n) is 5.72. The second kappa shape index (κ2) is 5.56. The highest BCUT2D eigenvalue weighted by Crippen LogP contribution is 2.16. The van der Waals surface area contributed by atoms with Crippen LogP contribution < -0.4 is 0 Å². The quantitative estimate of drug-likeness (QED) is 0.784. The summed E-state index contributed by atoms with van der Waals surface area (Å²) in [6.07, 6.45) is 0. The van der Waals surface area contributed by atoms with Crippen LogP contribution >= 0.6 is 0 Å². The van der Waals surface area contributed by atoms with Crippen LogP contribution in [0, 0.1) is 0 Å². The monoisotopic (exact) mass is 257 g/mol. The zero-order valence-electron chi connectivity index (χ0n) is 11.6. The molecule has 1 N–H and O–H groups in total. The van der Waals surface area contributed by atoms with Crippen LogP contribution in [-0.4, -0.2) is 77.1 Å². The highest BCUT2D eigenvalue weighted by Gasteiger charge is 2.32. The summed E-state index contributed by atoms with van der Waals surface area (Å²) < 4.78 is 0. The fourth-order valence-corrected chi connectivity index (χ4v) is 1.90. The van der Waals surface area contributed by atoms with Crippen LogP contribution in [0.2, 0.25) is 0 Å². The Hall–Kier alpha value is -1.30. The van der Waals surface area contributed by atoms with Gasteiger partial charge in [-0.2, -0.15) is 0 Å². The van der Waals surface area contributed by atoms with Crippen molar-refractivity contribution in [3.8, 4) is 0 Å². The molecule has 6 heteroatoms. The Balaban J connectivity index is 2.73. The molecule has 104 valence electrons. The minimum absolute atomic E-state index is 0.182. The van der Waals surface area contributed by atoms with Gasteiger partial charge < -0.3 is 19.8 Å². The first-order valence-electron chi connectivity index (χ1n) is 6.18. The Kier molecular flexibility index (Phi) is 4.56. The topological polar surface area (TPSA) is 64.1 Å². The van der Waals surface area contributed by atoms with Crippen molar-refractivity contribution in [2.45, 2.75) is 26.3 Å². The van der Waals surface area contributed by atoms with Crippen LogP contribution in [0.25, 0.3) is 0 Å². The van der Waals surface area contributed by atoms with Gasteiger partial charge in [0.2, 0.25) is 0 Å². The van der Waals surface area contributed by atoms with Gasteiger partial charge in [0.15, 0.2) is 0 Å². The van der Waals surface area contributed by atoms with Gasteiger partial charge in [-0.15, -0.1) is 0 Å². The smallest absolute Gasteiger partial charge is 0.323 e. The fourth-order valence-electron chi connectivity index (χ4n) is 1.90. The molecule has 2 amide bonds. The van der Waals surface area contributed by atoms with Crippen molar-refractivity contribution in [1.82, 2.24) is 14.7 Å². The average molecular weight is 257 g/mol. The zero-order chi connectivity index (χ0) is 13.9. The zero-order valence-corrected chi connectivity index (χ0v) is 11.6. The lowest BCUT2D eigenvalue weighted by atomic mass is 10.1. The molecule has 1 saturated heterocycles. The molecule has 0 unspecified atom stereocenters. The van der Waals surface area contributed by atoms with E-state index in [0.29, 0.717) is 13.1 Å². The number of rotatable bonds is 2.